The average molecular weight is 248 g/mol. The molecule has 4 heteroatoms. The van der Waals surface area contributed by atoms with Crippen LogP contribution in [0.4, 0.5) is 0 Å². The van der Waals surface area contributed by atoms with Gasteiger partial charge in [0, 0.05) is 24.0 Å². The van der Waals surface area contributed by atoms with E-state index in [0.29, 0.717) is 0 Å². The van der Waals surface area contributed by atoms with E-state index in [1.54, 1.807) is 6.20 Å². The molecule has 4 heterocycles. The van der Waals surface area contributed by atoms with E-state index < -0.39 is 0 Å². The van der Waals surface area contributed by atoms with E-state index >= 15 is 0 Å². The third-order valence-corrected chi connectivity index (χ3v) is 3.81. The molecule has 0 radical (unpaired) electrons. The van der Waals surface area contributed by atoms with E-state index in [0.717, 1.165) is 29.2 Å². The molecule has 1 aromatic carbocycles. The summed E-state index contributed by atoms with van der Waals surface area (Å²) in [4.78, 5) is 4.15. The fourth-order valence-corrected chi connectivity index (χ4v) is 2.94. The van der Waals surface area contributed by atoms with Crippen molar-refractivity contribution in [3.8, 4) is 11.5 Å². The van der Waals surface area contributed by atoms with Crippen LogP contribution >= 0.6 is 0 Å². The minimum Gasteiger partial charge on any atom is -0.380 e. The molecule has 0 spiro atoms. The van der Waals surface area contributed by atoms with Crippen molar-refractivity contribution in [2.24, 2.45) is 0 Å². The second-order valence-corrected chi connectivity index (χ2v) is 4.86. The SMILES string of the molecule is c1ccc2c(c1)C[n+]1c-2oc2c1cc1cnccn12. The van der Waals surface area contributed by atoms with Gasteiger partial charge < -0.3 is 4.42 Å². The molecule has 4 nitrogen and oxygen atoms in total. The van der Waals surface area contributed by atoms with Gasteiger partial charge in [0.15, 0.2) is 6.54 Å². The first kappa shape index (κ1) is 9.33. The summed E-state index contributed by atoms with van der Waals surface area (Å²) in [5, 5.41) is 0. The fraction of sp³-hybridized carbons (Fsp3) is 0.0667. The maximum Gasteiger partial charge on any atom is 0.383 e. The predicted octanol–water partition coefficient (Wildman–Crippen LogP) is 2.40. The van der Waals surface area contributed by atoms with Crippen LogP contribution in [-0.2, 0) is 6.54 Å². The Hall–Kier alpha value is -2.62. The number of oxazole rings is 1. The van der Waals surface area contributed by atoms with Crippen LogP contribution in [0.2, 0.25) is 0 Å². The largest absolute Gasteiger partial charge is 0.383 e. The number of nitrogens with zero attached hydrogens (tertiary/aromatic N) is 3. The smallest absolute Gasteiger partial charge is 0.380 e. The van der Waals surface area contributed by atoms with Crippen molar-refractivity contribution in [2.45, 2.75) is 6.54 Å². The zero-order valence-corrected chi connectivity index (χ0v) is 10.1. The average Bonchev–Trinajstić information content (AvgIpc) is 3.07. The van der Waals surface area contributed by atoms with Crippen molar-refractivity contribution >= 4 is 16.7 Å². The standard InChI is InChI=1S/C15H10N3O/c1-2-4-12-10(3-1)9-18-13-7-11-8-16-5-6-17(11)15(13)19-14(12)18/h1-8H,9H2/q+1. The Morgan fingerprint density at radius 2 is 2.21 bits per heavy atom. The van der Waals surface area contributed by atoms with Crippen LogP contribution in [0.1, 0.15) is 5.56 Å². The summed E-state index contributed by atoms with van der Waals surface area (Å²) in [5.74, 6) is 0.951. The van der Waals surface area contributed by atoms with Crippen molar-refractivity contribution in [3.63, 3.8) is 0 Å². The van der Waals surface area contributed by atoms with Gasteiger partial charge in [0.05, 0.1) is 17.3 Å². The summed E-state index contributed by atoms with van der Waals surface area (Å²) >= 11 is 0. The van der Waals surface area contributed by atoms with Gasteiger partial charge in [-0.1, -0.05) is 18.2 Å². The zero-order valence-electron chi connectivity index (χ0n) is 10.1. The molecule has 90 valence electrons. The molecule has 19 heavy (non-hydrogen) atoms. The van der Waals surface area contributed by atoms with Gasteiger partial charge >= 0.3 is 5.89 Å². The van der Waals surface area contributed by atoms with E-state index in [1.807, 2.05) is 16.8 Å². The van der Waals surface area contributed by atoms with Gasteiger partial charge in [-0.05, 0) is 6.07 Å². The van der Waals surface area contributed by atoms with E-state index in [2.05, 4.69) is 39.9 Å². The van der Waals surface area contributed by atoms with Crippen LogP contribution in [-0.4, -0.2) is 9.38 Å². The van der Waals surface area contributed by atoms with Crippen molar-refractivity contribution in [1.82, 2.24) is 9.38 Å². The fourth-order valence-electron chi connectivity index (χ4n) is 2.94. The van der Waals surface area contributed by atoms with E-state index in [1.165, 1.54) is 11.1 Å². The molecular weight excluding hydrogens is 238 g/mol. The van der Waals surface area contributed by atoms with Gasteiger partial charge in [0.25, 0.3) is 11.2 Å². The van der Waals surface area contributed by atoms with E-state index in [4.69, 9.17) is 4.42 Å². The van der Waals surface area contributed by atoms with E-state index in [-0.39, 0.29) is 0 Å². The maximum atomic E-state index is 6.09. The minimum absolute atomic E-state index is 0.878. The molecule has 0 atom stereocenters. The molecule has 0 saturated carbocycles. The van der Waals surface area contributed by atoms with Gasteiger partial charge in [-0.2, -0.15) is 4.57 Å². The Balaban J connectivity index is 1.93. The molecular formula is C15H10N3O+. The normalized spacial score (nSPS) is 13.1. The topological polar surface area (TPSA) is 34.3 Å². The highest BCUT2D eigenvalue weighted by molar-refractivity contribution is 5.78. The summed E-state index contributed by atoms with van der Waals surface area (Å²) in [5.41, 5.74) is 5.58. The minimum atomic E-state index is 0.878. The highest BCUT2D eigenvalue weighted by atomic mass is 16.4. The number of fused-ring (bicyclic) bond motifs is 7. The Morgan fingerprint density at radius 3 is 3.21 bits per heavy atom. The highest BCUT2D eigenvalue weighted by Crippen LogP contribution is 2.31. The maximum absolute atomic E-state index is 6.09. The van der Waals surface area contributed by atoms with Crippen molar-refractivity contribution < 1.29 is 8.98 Å². The Bertz CT molecular complexity index is 949. The number of hydrogen-bond acceptors (Lipinski definition) is 2. The summed E-state index contributed by atoms with van der Waals surface area (Å²) in [6.45, 7) is 0.878. The lowest BCUT2D eigenvalue weighted by molar-refractivity contribution is -0.649. The van der Waals surface area contributed by atoms with E-state index in [9.17, 15) is 0 Å². The van der Waals surface area contributed by atoms with Gasteiger partial charge in [-0.3, -0.25) is 9.38 Å². The number of aromatic nitrogens is 3. The van der Waals surface area contributed by atoms with Gasteiger partial charge in [-0.15, -0.1) is 0 Å². The van der Waals surface area contributed by atoms with Gasteiger partial charge in [0.2, 0.25) is 0 Å². The van der Waals surface area contributed by atoms with Crippen molar-refractivity contribution in [1.29, 1.82) is 0 Å². The summed E-state index contributed by atoms with van der Waals surface area (Å²) in [7, 11) is 0. The summed E-state index contributed by atoms with van der Waals surface area (Å²) < 4.78 is 10.4. The van der Waals surface area contributed by atoms with Crippen molar-refractivity contribution in [2.75, 3.05) is 0 Å². The lowest BCUT2D eigenvalue weighted by Crippen LogP contribution is -2.30. The Morgan fingerprint density at radius 1 is 1.26 bits per heavy atom. The molecule has 0 unspecified atom stereocenters. The molecule has 5 rings (SSSR count). The first-order chi connectivity index (χ1) is 9.42. The molecule has 0 saturated heterocycles. The van der Waals surface area contributed by atoms with Gasteiger partial charge in [0.1, 0.15) is 0 Å². The van der Waals surface area contributed by atoms with Crippen LogP contribution in [0.15, 0.2) is 53.3 Å². The lowest BCUT2D eigenvalue weighted by atomic mass is 10.1. The van der Waals surface area contributed by atoms with Gasteiger partial charge in [-0.25, -0.2) is 0 Å². The molecule has 0 bridgehead atoms. The predicted molar refractivity (Wildman–Crippen MR) is 69.7 cm³/mol. The molecule has 0 aliphatic carbocycles. The lowest BCUT2D eigenvalue weighted by Gasteiger charge is -1.91. The number of hydrogen-bond donors (Lipinski definition) is 0. The number of benzene rings is 1. The highest BCUT2D eigenvalue weighted by Gasteiger charge is 2.34. The molecule has 0 N–H and O–H groups in total. The quantitative estimate of drug-likeness (QED) is 0.394. The van der Waals surface area contributed by atoms with Crippen LogP contribution in [0.5, 0.6) is 0 Å². The Labute approximate surface area is 108 Å². The molecule has 0 amide bonds. The van der Waals surface area contributed by atoms with Crippen molar-refractivity contribution in [3.05, 3.63) is 54.5 Å². The monoisotopic (exact) mass is 248 g/mol. The second-order valence-electron chi connectivity index (χ2n) is 4.86. The van der Waals surface area contributed by atoms with Crippen LogP contribution in [0, 0.1) is 0 Å². The van der Waals surface area contributed by atoms with Crippen LogP contribution < -0.4 is 4.57 Å². The molecule has 4 aromatic rings. The zero-order chi connectivity index (χ0) is 12.4. The third-order valence-electron chi connectivity index (χ3n) is 3.81. The number of rotatable bonds is 0. The molecule has 0 fully saturated rings. The molecule has 1 aliphatic heterocycles. The summed E-state index contributed by atoms with van der Waals surface area (Å²) in [6.07, 6.45) is 5.56. The first-order valence-corrected chi connectivity index (χ1v) is 6.27. The molecule has 3 aromatic heterocycles. The first-order valence-electron chi connectivity index (χ1n) is 6.27. The second kappa shape index (κ2) is 3.03. The Kier molecular flexibility index (Phi) is 1.49. The molecule has 1 aliphatic rings. The third kappa shape index (κ3) is 1.04. The van der Waals surface area contributed by atoms with Crippen LogP contribution in [0.3, 0.4) is 0 Å². The summed E-state index contributed by atoms with van der Waals surface area (Å²) in [6, 6.07) is 10.5. The van der Waals surface area contributed by atoms with Crippen LogP contribution in [0.25, 0.3) is 28.2 Å².